The summed E-state index contributed by atoms with van der Waals surface area (Å²) < 4.78 is 6.29. The number of aromatic nitrogens is 2. The Bertz CT molecular complexity index is 742. The second-order valence-corrected chi connectivity index (χ2v) is 7.01. The highest BCUT2D eigenvalue weighted by Gasteiger charge is 2.40. The van der Waals surface area contributed by atoms with Gasteiger partial charge in [0.2, 0.25) is 0 Å². The molecule has 2 atom stereocenters. The number of nitrogens with zero attached hydrogens (tertiary/aromatic N) is 2. The van der Waals surface area contributed by atoms with Crippen molar-refractivity contribution in [3.05, 3.63) is 52.3 Å². The van der Waals surface area contributed by atoms with Crippen LogP contribution in [0.15, 0.2) is 30.3 Å². The zero-order valence-electron chi connectivity index (χ0n) is 13.5. The van der Waals surface area contributed by atoms with Crippen LogP contribution in [0.3, 0.4) is 0 Å². The van der Waals surface area contributed by atoms with Crippen molar-refractivity contribution in [2.45, 2.75) is 32.0 Å². The third-order valence-corrected chi connectivity index (χ3v) is 5.27. The van der Waals surface area contributed by atoms with Gasteiger partial charge in [-0.3, -0.25) is 9.89 Å². The molecule has 4 rings (SSSR count). The number of carbonyl (C=O) groups excluding carboxylic acids is 1. The van der Waals surface area contributed by atoms with Crippen molar-refractivity contribution in [3.63, 3.8) is 0 Å². The lowest BCUT2D eigenvalue weighted by Crippen LogP contribution is -2.47. The molecule has 0 radical (unpaired) electrons. The summed E-state index contributed by atoms with van der Waals surface area (Å²) in [4.78, 5) is 14.7. The Hall–Kier alpha value is -1.85. The third-order valence-electron chi connectivity index (χ3n) is 4.81. The van der Waals surface area contributed by atoms with Crippen LogP contribution >= 0.6 is 11.6 Å². The van der Waals surface area contributed by atoms with Crippen molar-refractivity contribution in [1.29, 1.82) is 0 Å². The molecule has 1 saturated heterocycles. The van der Waals surface area contributed by atoms with E-state index in [1.54, 1.807) is 0 Å². The molecule has 2 heterocycles. The van der Waals surface area contributed by atoms with Gasteiger partial charge in [0.25, 0.3) is 5.91 Å². The van der Waals surface area contributed by atoms with Crippen LogP contribution < -0.4 is 0 Å². The molecule has 2 aromatic rings. The maximum atomic E-state index is 12.9. The summed E-state index contributed by atoms with van der Waals surface area (Å²) >= 11 is 6.22. The molecule has 1 saturated carbocycles. The van der Waals surface area contributed by atoms with Crippen LogP contribution in [-0.2, 0) is 4.74 Å². The molecule has 5 nitrogen and oxygen atoms in total. The molecule has 1 aliphatic heterocycles. The van der Waals surface area contributed by atoms with E-state index in [9.17, 15) is 4.79 Å². The summed E-state index contributed by atoms with van der Waals surface area (Å²) in [6.07, 6.45) is 2.34. The van der Waals surface area contributed by atoms with Gasteiger partial charge >= 0.3 is 0 Å². The number of ether oxygens (including phenoxy) is 1. The number of halogens is 1. The fourth-order valence-electron chi connectivity index (χ4n) is 3.24. The Morgan fingerprint density at radius 3 is 2.67 bits per heavy atom. The maximum absolute atomic E-state index is 12.9. The zero-order chi connectivity index (χ0) is 16.7. The molecular weight excluding hydrogens is 326 g/mol. The minimum absolute atomic E-state index is 0.0896. The van der Waals surface area contributed by atoms with Gasteiger partial charge in [-0.2, -0.15) is 5.10 Å². The highest BCUT2D eigenvalue weighted by atomic mass is 35.5. The lowest BCUT2D eigenvalue weighted by Gasteiger charge is -2.38. The van der Waals surface area contributed by atoms with Gasteiger partial charge in [0.1, 0.15) is 6.10 Å². The van der Waals surface area contributed by atoms with Crippen LogP contribution in [0, 0.1) is 12.8 Å². The standard InChI is InChI=1S/C18H20ClN3O2/c1-11-16(19)17(21-20-11)18(23)22-9-14(12-5-3-2-4-6-12)24-15(10-22)13-7-8-13/h2-6,13-15H,7-10H2,1H3,(H,20,21)/t14-,15+/m0/s1. The van der Waals surface area contributed by atoms with Crippen LogP contribution in [0.4, 0.5) is 0 Å². The van der Waals surface area contributed by atoms with Gasteiger partial charge in [-0.05, 0) is 31.2 Å². The van der Waals surface area contributed by atoms with Crippen molar-refractivity contribution < 1.29 is 9.53 Å². The van der Waals surface area contributed by atoms with Gasteiger partial charge in [0, 0.05) is 6.54 Å². The number of amides is 1. The van der Waals surface area contributed by atoms with Gasteiger partial charge in [-0.1, -0.05) is 41.9 Å². The molecule has 2 fully saturated rings. The van der Waals surface area contributed by atoms with E-state index in [1.165, 1.54) is 12.8 Å². The van der Waals surface area contributed by atoms with E-state index in [0.717, 1.165) is 5.56 Å². The van der Waals surface area contributed by atoms with Gasteiger partial charge in [0.05, 0.1) is 23.4 Å². The number of hydrogen-bond donors (Lipinski definition) is 1. The van der Waals surface area contributed by atoms with E-state index >= 15 is 0 Å². The summed E-state index contributed by atoms with van der Waals surface area (Å²) in [5.41, 5.74) is 2.12. The number of nitrogens with one attached hydrogen (secondary N) is 1. The largest absolute Gasteiger partial charge is 0.366 e. The molecule has 126 valence electrons. The molecule has 24 heavy (non-hydrogen) atoms. The number of aryl methyl sites for hydroxylation is 1. The van der Waals surface area contributed by atoms with Gasteiger partial charge in [-0.15, -0.1) is 0 Å². The fourth-order valence-corrected chi connectivity index (χ4v) is 3.41. The van der Waals surface area contributed by atoms with Gasteiger partial charge < -0.3 is 9.64 Å². The fraction of sp³-hybridized carbons (Fsp3) is 0.444. The van der Waals surface area contributed by atoms with Crippen LogP contribution in [-0.4, -0.2) is 40.2 Å². The van der Waals surface area contributed by atoms with Gasteiger partial charge in [-0.25, -0.2) is 0 Å². The molecule has 0 bridgehead atoms. The SMILES string of the molecule is Cc1[nH]nc(C(=O)N2C[C@@H](c3ccccc3)O[C@@H](C3CC3)C2)c1Cl. The Morgan fingerprint density at radius 1 is 1.29 bits per heavy atom. The van der Waals surface area contributed by atoms with Crippen molar-refractivity contribution in [2.24, 2.45) is 5.92 Å². The lowest BCUT2D eigenvalue weighted by molar-refractivity contribution is -0.0865. The Balaban J connectivity index is 1.59. The monoisotopic (exact) mass is 345 g/mol. The quantitative estimate of drug-likeness (QED) is 0.927. The molecule has 2 aliphatic rings. The van der Waals surface area contributed by atoms with Crippen LogP contribution in [0.5, 0.6) is 0 Å². The minimum Gasteiger partial charge on any atom is -0.366 e. The average Bonchev–Trinajstić information content (AvgIpc) is 3.42. The molecule has 0 spiro atoms. The predicted molar refractivity (Wildman–Crippen MR) is 91.0 cm³/mol. The van der Waals surface area contributed by atoms with E-state index in [2.05, 4.69) is 10.2 Å². The first-order chi connectivity index (χ1) is 11.6. The minimum atomic E-state index is -0.126. The predicted octanol–water partition coefficient (Wildman–Crippen LogP) is 3.36. The number of benzene rings is 1. The Kier molecular flexibility index (Phi) is 4.06. The number of hydrogen-bond acceptors (Lipinski definition) is 3. The van der Waals surface area contributed by atoms with E-state index in [1.807, 2.05) is 42.2 Å². The Labute approximate surface area is 145 Å². The van der Waals surface area contributed by atoms with Crippen LogP contribution in [0.2, 0.25) is 5.02 Å². The van der Waals surface area contributed by atoms with Crippen molar-refractivity contribution in [1.82, 2.24) is 15.1 Å². The van der Waals surface area contributed by atoms with E-state index < -0.39 is 0 Å². The molecule has 1 aliphatic carbocycles. The van der Waals surface area contributed by atoms with Crippen LogP contribution in [0.1, 0.15) is 40.7 Å². The number of rotatable bonds is 3. The van der Waals surface area contributed by atoms with E-state index in [0.29, 0.717) is 35.4 Å². The van der Waals surface area contributed by atoms with Gasteiger partial charge in [0.15, 0.2) is 5.69 Å². The molecule has 0 unspecified atom stereocenters. The van der Waals surface area contributed by atoms with Crippen LogP contribution in [0.25, 0.3) is 0 Å². The molecule has 6 heteroatoms. The smallest absolute Gasteiger partial charge is 0.276 e. The summed E-state index contributed by atoms with van der Waals surface area (Å²) in [5.74, 6) is 0.433. The van der Waals surface area contributed by atoms with E-state index in [-0.39, 0.29) is 18.1 Å². The first kappa shape index (κ1) is 15.7. The topological polar surface area (TPSA) is 58.2 Å². The van der Waals surface area contributed by atoms with Crippen molar-refractivity contribution in [3.8, 4) is 0 Å². The summed E-state index contributed by atoms with van der Waals surface area (Å²) in [6.45, 7) is 2.94. The summed E-state index contributed by atoms with van der Waals surface area (Å²) in [6, 6.07) is 10.1. The number of aromatic amines is 1. The number of carbonyl (C=O) groups is 1. The van der Waals surface area contributed by atoms with E-state index in [4.69, 9.17) is 16.3 Å². The first-order valence-electron chi connectivity index (χ1n) is 8.33. The number of morpholine rings is 1. The maximum Gasteiger partial charge on any atom is 0.276 e. The zero-order valence-corrected chi connectivity index (χ0v) is 14.3. The highest BCUT2D eigenvalue weighted by molar-refractivity contribution is 6.34. The molecule has 1 aromatic carbocycles. The molecule has 1 aromatic heterocycles. The summed E-state index contributed by atoms with van der Waals surface area (Å²) in [5, 5.41) is 7.28. The molecule has 1 amide bonds. The molecular formula is C18H20ClN3O2. The normalized spacial score (nSPS) is 24.2. The van der Waals surface area contributed by atoms with Crippen molar-refractivity contribution >= 4 is 17.5 Å². The number of H-pyrrole nitrogens is 1. The third kappa shape index (κ3) is 2.94. The first-order valence-corrected chi connectivity index (χ1v) is 8.71. The second-order valence-electron chi connectivity index (χ2n) is 6.63. The Morgan fingerprint density at radius 2 is 2.04 bits per heavy atom. The molecule has 1 N–H and O–H groups in total. The summed E-state index contributed by atoms with van der Waals surface area (Å²) in [7, 11) is 0. The highest BCUT2D eigenvalue weighted by Crippen LogP contribution is 2.39. The van der Waals surface area contributed by atoms with Crippen molar-refractivity contribution in [2.75, 3.05) is 13.1 Å². The second kappa shape index (κ2) is 6.22. The lowest BCUT2D eigenvalue weighted by atomic mass is 10.0. The average molecular weight is 346 g/mol.